The molecule has 1 aromatic rings. The molecule has 1 aromatic carbocycles. The molecule has 0 N–H and O–H groups in total. The Kier molecular flexibility index (Phi) is 5.49. The predicted molar refractivity (Wildman–Crippen MR) is 71.7 cm³/mol. The highest BCUT2D eigenvalue weighted by molar-refractivity contribution is 5.97. The number of carbonyl (C=O) groups excluding carboxylic acids is 1. The summed E-state index contributed by atoms with van der Waals surface area (Å²) in [6.45, 7) is 1.10. The third-order valence-corrected chi connectivity index (χ3v) is 3.28. The molecule has 0 bridgehead atoms. The van der Waals surface area contributed by atoms with Crippen molar-refractivity contribution < 1.29 is 23.4 Å². The van der Waals surface area contributed by atoms with Crippen molar-refractivity contribution in [2.45, 2.75) is 25.4 Å². The third kappa shape index (κ3) is 4.02. The van der Waals surface area contributed by atoms with Crippen LogP contribution in [0.2, 0.25) is 0 Å². The largest absolute Gasteiger partial charge is 0.494 e. The van der Waals surface area contributed by atoms with Gasteiger partial charge >= 0.3 is 0 Å². The highest BCUT2D eigenvalue weighted by Crippen LogP contribution is 2.18. The Morgan fingerprint density at radius 3 is 2.95 bits per heavy atom. The number of Topliss-reactive ketones (excluding diaryl/α,β-unsaturated/α-hetero) is 1. The van der Waals surface area contributed by atoms with Gasteiger partial charge in [-0.05, 0) is 37.5 Å². The summed E-state index contributed by atoms with van der Waals surface area (Å²) in [7, 11) is 1.38. The van der Waals surface area contributed by atoms with Gasteiger partial charge in [-0.15, -0.1) is 0 Å². The molecule has 1 unspecified atom stereocenters. The molecule has 2 rings (SSSR count). The van der Waals surface area contributed by atoms with E-state index in [4.69, 9.17) is 14.2 Å². The zero-order valence-electron chi connectivity index (χ0n) is 11.6. The molecule has 1 saturated heterocycles. The van der Waals surface area contributed by atoms with Crippen molar-refractivity contribution in [3.63, 3.8) is 0 Å². The summed E-state index contributed by atoms with van der Waals surface area (Å²) in [5.74, 6) is -0.672. The molecule has 0 radical (unpaired) electrons. The molecule has 1 atom stereocenters. The summed E-state index contributed by atoms with van der Waals surface area (Å²) in [4.78, 5) is 11.9. The second-order valence-electron chi connectivity index (χ2n) is 4.78. The Morgan fingerprint density at radius 1 is 1.45 bits per heavy atom. The van der Waals surface area contributed by atoms with E-state index in [1.807, 2.05) is 0 Å². The van der Waals surface area contributed by atoms with Crippen molar-refractivity contribution in [3.8, 4) is 5.75 Å². The number of halogens is 1. The number of methoxy groups -OCH3 is 1. The van der Waals surface area contributed by atoms with Gasteiger partial charge in [0.2, 0.25) is 0 Å². The van der Waals surface area contributed by atoms with Gasteiger partial charge in [-0.25, -0.2) is 4.39 Å². The Bertz CT molecular complexity index is 455. The van der Waals surface area contributed by atoms with Crippen molar-refractivity contribution >= 4 is 5.78 Å². The van der Waals surface area contributed by atoms with Crippen molar-refractivity contribution in [3.05, 3.63) is 29.6 Å². The third-order valence-electron chi connectivity index (χ3n) is 3.28. The highest BCUT2D eigenvalue weighted by atomic mass is 19.1. The molecule has 20 heavy (non-hydrogen) atoms. The van der Waals surface area contributed by atoms with Gasteiger partial charge in [0.25, 0.3) is 0 Å². The summed E-state index contributed by atoms with van der Waals surface area (Å²) >= 11 is 0. The smallest absolute Gasteiger partial charge is 0.188 e. The van der Waals surface area contributed by atoms with Crippen LogP contribution in [0.1, 0.15) is 29.6 Å². The van der Waals surface area contributed by atoms with E-state index in [2.05, 4.69) is 0 Å². The summed E-state index contributed by atoms with van der Waals surface area (Å²) < 4.78 is 29.2. The van der Waals surface area contributed by atoms with Crippen LogP contribution in [-0.4, -0.2) is 38.8 Å². The van der Waals surface area contributed by atoms with Gasteiger partial charge in [0.15, 0.2) is 17.3 Å². The normalized spacial score (nSPS) is 18.8. The van der Waals surface area contributed by atoms with E-state index in [0.29, 0.717) is 6.61 Å². The van der Waals surface area contributed by atoms with Crippen molar-refractivity contribution in [1.82, 2.24) is 0 Å². The van der Waals surface area contributed by atoms with E-state index in [-0.39, 0.29) is 29.8 Å². The molecule has 0 amide bonds. The predicted octanol–water partition coefficient (Wildman–Crippen LogP) is 2.60. The molecule has 110 valence electrons. The number of carbonyl (C=O) groups is 1. The number of hydrogen-bond donors (Lipinski definition) is 0. The molecule has 0 aliphatic carbocycles. The van der Waals surface area contributed by atoms with Crippen LogP contribution in [0.15, 0.2) is 18.2 Å². The Morgan fingerprint density at radius 2 is 2.30 bits per heavy atom. The number of benzene rings is 1. The molecule has 0 saturated carbocycles. The lowest BCUT2D eigenvalue weighted by Gasteiger charge is -2.22. The Labute approximate surface area is 117 Å². The fourth-order valence-electron chi connectivity index (χ4n) is 2.15. The standard InChI is InChI=1S/C15H19FO4/c1-18-15-6-5-11(8-13(15)16)14(17)10-19-9-12-4-2-3-7-20-12/h5-6,8,12H,2-4,7,9-10H2,1H3. The van der Waals surface area contributed by atoms with Crippen molar-refractivity contribution in [2.75, 3.05) is 26.9 Å². The van der Waals surface area contributed by atoms with Crippen LogP contribution in [0.5, 0.6) is 5.75 Å². The lowest BCUT2D eigenvalue weighted by molar-refractivity contribution is -0.0370. The SMILES string of the molecule is COc1ccc(C(=O)COCC2CCCCO2)cc1F. The van der Waals surface area contributed by atoms with Crippen LogP contribution in [-0.2, 0) is 9.47 Å². The van der Waals surface area contributed by atoms with Crippen LogP contribution < -0.4 is 4.74 Å². The van der Waals surface area contributed by atoms with Gasteiger partial charge in [-0.1, -0.05) is 0 Å². The fraction of sp³-hybridized carbons (Fsp3) is 0.533. The molecule has 5 heteroatoms. The molecular weight excluding hydrogens is 263 g/mol. The highest BCUT2D eigenvalue weighted by Gasteiger charge is 2.15. The number of ether oxygens (including phenoxy) is 3. The quantitative estimate of drug-likeness (QED) is 0.752. The average molecular weight is 282 g/mol. The maximum Gasteiger partial charge on any atom is 0.188 e. The Balaban J connectivity index is 1.80. The molecule has 4 nitrogen and oxygen atoms in total. The van der Waals surface area contributed by atoms with Gasteiger partial charge in [0.1, 0.15) is 6.61 Å². The van der Waals surface area contributed by atoms with Crippen LogP contribution >= 0.6 is 0 Å². The van der Waals surface area contributed by atoms with Crippen LogP contribution in [0.25, 0.3) is 0 Å². The fourth-order valence-corrected chi connectivity index (χ4v) is 2.15. The van der Waals surface area contributed by atoms with E-state index >= 15 is 0 Å². The van der Waals surface area contributed by atoms with Crippen LogP contribution in [0.3, 0.4) is 0 Å². The molecule has 0 spiro atoms. The summed E-state index contributed by atoms with van der Waals surface area (Å²) in [5.41, 5.74) is 0.285. The molecule has 1 aliphatic rings. The van der Waals surface area contributed by atoms with E-state index < -0.39 is 5.82 Å². The van der Waals surface area contributed by atoms with Crippen molar-refractivity contribution in [2.24, 2.45) is 0 Å². The number of ketones is 1. The molecular formula is C15H19FO4. The van der Waals surface area contributed by atoms with Crippen LogP contribution in [0.4, 0.5) is 4.39 Å². The van der Waals surface area contributed by atoms with Gasteiger partial charge in [0, 0.05) is 12.2 Å². The monoisotopic (exact) mass is 282 g/mol. The average Bonchev–Trinajstić information content (AvgIpc) is 2.48. The first kappa shape index (κ1) is 14.9. The van der Waals surface area contributed by atoms with E-state index in [9.17, 15) is 9.18 Å². The maximum absolute atomic E-state index is 13.5. The van der Waals surface area contributed by atoms with E-state index in [0.717, 1.165) is 25.9 Å². The summed E-state index contributed by atoms with van der Waals surface area (Å²) in [6, 6.07) is 4.14. The molecule has 0 aromatic heterocycles. The topological polar surface area (TPSA) is 44.8 Å². The lowest BCUT2D eigenvalue weighted by atomic mass is 10.1. The second-order valence-corrected chi connectivity index (χ2v) is 4.78. The summed E-state index contributed by atoms with van der Waals surface area (Å²) in [6.07, 6.45) is 3.25. The molecule has 1 heterocycles. The minimum atomic E-state index is -0.547. The maximum atomic E-state index is 13.5. The van der Waals surface area contributed by atoms with Gasteiger partial charge < -0.3 is 14.2 Å². The second kappa shape index (κ2) is 7.36. The first-order valence-electron chi connectivity index (χ1n) is 6.77. The first-order chi connectivity index (χ1) is 9.70. The van der Waals surface area contributed by atoms with Crippen LogP contribution in [0, 0.1) is 5.82 Å². The minimum Gasteiger partial charge on any atom is -0.494 e. The zero-order chi connectivity index (χ0) is 14.4. The molecule has 1 fully saturated rings. The van der Waals surface area contributed by atoms with Gasteiger partial charge in [-0.3, -0.25) is 4.79 Å². The first-order valence-corrected chi connectivity index (χ1v) is 6.77. The number of hydrogen-bond acceptors (Lipinski definition) is 4. The lowest BCUT2D eigenvalue weighted by Crippen LogP contribution is -2.25. The van der Waals surface area contributed by atoms with Gasteiger partial charge in [-0.2, -0.15) is 0 Å². The minimum absolute atomic E-state index is 0.0639. The van der Waals surface area contributed by atoms with E-state index in [1.54, 1.807) is 0 Å². The summed E-state index contributed by atoms with van der Waals surface area (Å²) in [5, 5.41) is 0. The van der Waals surface area contributed by atoms with Crippen molar-refractivity contribution in [1.29, 1.82) is 0 Å². The van der Waals surface area contributed by atoms with Gasteiger partial charge in [0.05, 0.1) is 19.8 Å². The zero-order valence-corrected chi connectivity index (χ0v) is 11.6. The Hall–Kier alpha value is -1.46. The van der Waals surface area contributed by atoms with E-state index in [1.165, 1.54) is 25.3 Å². The number of rotatable bonds is 6. The molecule has 1 aliphatic heterocycles.